The third kappa shape index (κ3) is 2.28. The number of hydrogen-bond donors (Lipinski definition) is 0. The van der Waals surface area contributed by atoms with Crippen molar-refractivity contribution >= 4 is 23.2 Å². The Morgan fingerprint density at radius 1 is 0.952 bits per heavy atom. The van der Waals surface area contributed by atoms with Crippen LogP contribution in [-0.2, 0) is 0 Å². The summed E-state index contributed by atoms with van der Waals surface area (Å²) in [4.78, 5) is 2.62. The molecule has 2 aliphatic rings. The zero-order chi connectivity index (χ0) is 14.4. The number of fused-ring (bicyclic) bond motifs is 3. The van der Waals surface area contributed by atoms with Crippen LogP contribution in [0.1, 0.15) is 41.5 Å². The first-order valence-electron chi connectivity index (χ1n) is 7.52. The Morgan fingerprint density at radius 3 is 2.57 bits per heavy atom. The summed E-state index contributed by atoms with van der Waals surface area (Å²) in [5.74, 6) is 0.394. The van der Waals surface area contributed by atoms with Crippen molar-refractivity contribution in [2.75, 3.05) is 13.1 Å². The lowest BCUT2D eigenvalue weighted by Gasteiger charge is -2.37. The molecule has 108 valence electrons. The third-order valence-corrected chi connectivity index (χ3v) is 5.60. The van der Waals surface area contributed by atoms with E-state index in [-0.39, 0.29) is 0 Å². The van der Waals surface area contributed by atoms with E-state index in [9.17, 15) is 0 Å². The average molecular weight is 318 g/mol. The minimum absolute atomic E-state index is 0.394. The summed E-state index contributed by atoms with van der Waals surface area (Å²) in [6.07, 6.45) is 2.58. The maximum Gasteiger partial charge on any atom is 0.0595 e. The van der Waals surface area contributed by atoms with E-state index >= 15 is 0 Å². The van der Waals surface area contributed by atoms with Crippen LogP contribution >= 0.6 is 23.2 Å². The van der Waals surface area contributed by atoms with Crippen molar-refractivity contribution in [3.8, 4) is 0 Å². The normalized spacial score (nSPS) is 24.7. The molecule has 2 aliphatic heterocycles. The summed E-state index contributed by atoms with van der Waals surface area (Å²) < 4.78 is 0. The van der Waals surface area contributed by atoms with Gasteiger partial charge in [-0.15, -0.1) is 0 Å². The quantitative estimate of drug-likeness (QED) is 0.692. The summed E-state index contributed by atoms with van der Waals surface area (Å²) in [7, 11) is 0. The third-order valence-electron chi connectivity index (χ3n) is 4.86. The molecule has 1 saturated heterocycles. The molecular formula is C18H17Cl2N. The van der Waals surface area contributed by atoms with Gasteiger partial charge in [0.1, 0.15) is 0 Å². The van der Waals surface area contributed by atoms with Crippen LogP contribution in [0.5, 0.6) is 0 Å². The summed E-state index contributed by atoms with van der Waals surface area (Å²) >= 11 is 12.3. The van der Waals surface area contributed by atoms with E-state index < -0.39 is 0 Å². The lowest BCUT2D eigenvalue weighted by molar-refractivity contribution is 0.230. The smallest absolute Gasteiger partial charge is 0.0595 e. The van der Waals surface area contributed by atoms with E-state index in [2.05, 4.69) is 35.2 Å². The largest absolute Gasteiger partial charge is 0.295 e. The van der Waals surface area contributed by atoms with Crippen molar-refractivity contribution in [1.82, 2.24) is 4.90 Å². The molecule has 0 aromatic heterocycles. The number of hydrogen-bond acceptors (Lipinski definition) is 1. The predicted molar refractivity (Wildman–Crippen MR) is 88.3 cm³/mol. The van der Waals surface area contributed by atoms with E-state index in [1.54, 1.807) is 0 Å². The molecule has 2 aromatic rings. The maximum atomic E-state index is 6.23. The van der Waals surface area contributed by atoms with Crippen LogP contribution in [0.15, 0.2) is 42.5 Å². The molecule has 0 spiro atoms. The second kappa shape index (κ2) is 5.31. The van der Waals surface area contributed by atoms with Crippen molar-refractivity contribution < 1.29 is 0 Å². The van der Waals surface area contributed by atoms with Crippen LogP contribution < -0.4 is 0 Å². The number of rotatable bonds is 1. The molecule has 4 rings (SSSR count). The second-order valence-corrected chi connectivity index (χ2v) is 6.82. The highest BCUT2D eigenvalue weighted by atomic mass is 35.5. The Labute approximate surface area is 135 Å². The Kier molecular flexibility index (Phi) is 3.45. The van der Waals surface area contributed by atoms with E-state index in [4.69, 9.17) is 23.2 Å². The zero-order valence-corrected chi connectivity index (χ0v) is 13.2. The van der Waals surface area contributed by atoms with Crippen molar-refractivity contribution in [1.29, 1.82) is 0 Å². The van der Waals surface area contributed by atoms with Crippen LogP contribution in [-0.4, -0.2) is 18.0 Å². The molecule has 0 N–H and O–H groups in total. The van der Waals surface area contributed by atoms with Gasteiger partial charge in [0, 0.05) is 18.5 Å². The molecule has 2 unspecified atom stereocenters. The molecule has 0 amide bonds. The van der Waals surface area contributed by atoms with Crippen LogP contribution in [0, 0.1) is 0 Å². The summed E-state index contributed by atoms with van der Waals surface area (Å²) in [5, 5.41) is 1.28. The fraction of sp³-hybridized carbons (Fsp3) is 0.333. The monoisotopic (exact) mass is 317 g/mol. The van der Waals surface area contributed by atoms with Gasteiger partial charge >= 0.3 is 0 Å². The molecule has 2 atom stereocenters. The molecule has 0 bridgehead atoms. The fourth-order valence-corrected chi connectivity index (χ4v) is 4.18. The zero-order valence-electron chi connectivity index (χ0n) is 11.7. The molecular weight excluding hydrogens is 301 g/mol. The summed E-state index contributed by atoms with van der Waals surface area (Å²) in [6.45, 7) is 2.29. The highest BCUT2D eigenvalue weighted by Gasteiger charge is 2.36. The first-order chi connectivity index (χ1) is 10.2. The van der Waals surface area contributed by atoms with Gasteiger partial charge in [-0.3, -0.25) is 4.90 Å². The Hall–Kier alpha value is -1.02. The van der Waals surface area contributed by atoms with Crippen molar-refractivity contribution in [2.24, 2.45) is 0 Å². The van der Waals surface area contributed by atoms with E-state index in [0.29, 0.717) is 22.0 Å². The number of halogens is 2. The lowest BCUT2D eigenvalue weighted by Crippen LogP contribution is -2.34. The molecule has 3 heteroatoms. The van der Waals surface area contributed by atoms with E-state index in [0.717, 1.165) is 6.54 Å². The minimum atomic E-state index is 0.394. The SMILES string of the molecule is Clc1ccc(C2CN3CCCC3c3ccccc32)cc1Cl. The van der Waals surface area contributed by atoms with Crippen molar-refractivity contribution in [2.45, 2.75) is 24.8 Å². The average Bonchev–Trinajstić information content (AvgIpc) is 2.98. The van der Waals surface area contributed by atoms with Gasteiger partial charge in [-0.05, 0) is 48.2 Å². The summed E-state index contributed by atoms with van der Waals surface area (Å²) in [5.41, 5.74) is 4.22. The van der Waals surface area contributed by atoms with Crippen LogP contribution in [0.3, 0.4) is 0 Å². The van der Waals surface area contributed by atoms with Gasteiger partial charge < -0.3 is 0 Å². The van der Waals surface area contributed by atoms with Crippen molar-refractivity contribution in [3.05, 3.63) is 69.2 Å². The van der Waals surface area contributed by atoms with E-state index in [1.807, 2.05) is 12.1 Å². The minimum Gasteiger partial charge on any atom is -0.295 e. The van der Waals surface area contributed by atoms with Gasteiger partial charge in [0.05, 0.1) is 10.0 Å². The Morgan fingerprint density at radius 2 is 1.76 bits per heavy atom. The molecule has 21 heavy (non-hydrogen) atoms. The first-order valence-corrected chi connectivity index (χ1v) is 8.27. The van der Waals surface area contributed by atoms with Crippen LogP contribution in [0.2, 0.25) is 10.0 Å². The van der Waals surface area contributed by atoms with Crippen LogP contribution in [0.25, 0.3) is 0 Å². The van der Waals surface area contributed by atoms with Crippen molar-refractivity contribution in [3.63, 3.8) is 0 Å². The molecule has 0 aliphatic carbocycles. The number of nitrogens with zero attached hydrogens (tertiary/aromatic N) is 1. The van der Waals surface area contributed by atoms with Gasteiger partial charge in [0.15, 0.2) is 0 Å². The predicted octanol–water partition coefficient (Wildman–Crippen LogP) is 5.28. The first kappa shape index (κ1) is 13.6. The molecule has 0 saturated carbocycles. The molecule has 1 fully saturated rings. The van der Waals surface area contributed by atoms with Gasteiger partial charge in [-0.1, -0.05) is 53.5 Å². The maximum absolute atomic E-state index is 6.23. The molecule has 2 heterocycles. The lowest BCUT2D eigenvalue weighted by atomic mass is 9.82. The Balaban J connectivity index is 1.82. The topological polar surface area (TPSA) is 3.24 Å². The van der Waals surface area contributed by atoms with Gasteiger partial charge in [0.25, 0.3) is 0 Å². The summed E-state index contributed by atoms with van der Waals surface area (Å²) in [6, 6.07) is 15.5. The second-order valence-electron chi connectivity index (χ2n) is 6.01. The molecule has 2 aromatic carbocycles. The van der Waals surface area contributed by atoms with E-state index in [1.165, 1.54) is 36.1 Å². The molecule has 0 radical (unpaired) electrons. The van der Waals surface area contributed by atoms with Crippen LogP contribution in [0.4, 0.5) is 0 Å². The fourth-order valence-electron chi connectivity index (χ4n) is 3.88. The van der Waals surface area contributed by atoms with Gasteiger partial charge in [-0.2, -0.15) is 0 Å². The van der Waals surface area contributed by atoms with Gasteiger partial charge in [-0.25, -0.2) is 0 Å². The standard InChI is InChI=1S/C18H17Cl2N/c19-16-8-7-12(10-17(16)20)15-11-21-9-3-6-18(21)14-5-2-1-4-13(14)15/h1-2,4-5,7-8,10,15,18H,3,6,9,11H2. The molecule has 1 nitrogen and oxygen atoms in total. The highest BCUT2D eigenvalue weighted by molar-refractivity contribution is 6.42. The van der Waals surface area contributed by atoms with Gasteiger partial charge in [0.2, 0.25) is 0 Å². The highest BCUT2D eigenvalue weighted by Crippen LogP contribution is 2.44. The Bertz CT molecular complexity index is 683. The number of benzene rings is 2.